The van der Waals surface area contributed by atoms with Crippen LogP contribution in [0.4, 0.5) is 5.69 Å². The number of rotatable bonds is 7. The van der Waals surface area contributed by atoms with E-state index in [2.05, 4.69) is 5.32 Å². The Balaban J connectivity index is 1.53. The molecule has 0 bridgehead atoms. The van der Waals surface area contributed by atoms with Crippen LogP contribution in [0.1, 0.15) is 28.8 Å². The number of piperidine rings is 1. The number of carbonyl (C=O) groups is 4. The lowest BCUT2D eigenvalue weighted by Gasteiger charge is -2.30. The van der Waals surface area contributed by atoms with E-state index >= 15 is 0 Å². The molecule has 32 heavy (non-hydrogen) atoms. The molecule has 1 aliphatic heterocycles. The number of esters is 2. The zero-order valence-electron chi connectivity index (χ0n) is 17.9. The molecular weight excluding hydrogens is 412 g/mol. The number of methoxy groups -OCH3 is 1. The first-order valence-corrected chi connectivity index (χ1v) is 10.4. The van der Waals surface area contributed by atoms with E-state index in [0.717, 1.165) is 5.56 Å². The van der Waals surface area contributed by atoms with Gasteiger partial charge in [-0.15, -0.1) is 0 Å². The molecule has 8 nitrogen and oxygen atoms in total. The van der Waals surface area contributed by atoms with Crippen molar-refractivity contribution in [2.24, 2.45) is 5.92 Å². The molecule has 0 aromatic heterocycles. The van der Waals surface area contributed by atoms with Crippen molar-refractivity contribution in [3.05, 3.63) is 65.7 Å². The van der Waals surface area contributed by atoms with Gasteiger partial charge in [-0.3, -0.25) is 14.4 Å². The van der Waals surface area contributed by atoms with E-state index in [-0.39, 0.29) is 35.7 Å². The Kier molecular flexibility index (Phi) is 7.96. The summed E-state index contributed by atoms with van der Waals surface area (Å²) in [5.41, 5.74) is 1.35. The minimum atomic E-state index is -0.696. The van der Waals surface area contributed by atoms with Gasteiger partial charge in [-0.25, -0.2) is 4.79 Å². The minimum absolute atomic E-state index is 0.171. The Morgan fingerprint density at radius 1 is 0.969 bits per heavy atom. The van der Waals surface area contributed by atoms with Crippen molar-refractivity contribution >= 4 is 29.4 Å². The Hall–Kier alpha value is -3.68. The second kappa shape index (κ2) is 11.1. The third-order valence-corrected chi connectivity index (χ3v) is 5.34. The molecule has 1 saturated heterocycles. The van der Waals surface area contributed by atoms with Gasteiger partial charge in [0.05, 0.1) is 30.7 Å². The van der Waals surface area contributed by atoms with Crippen molar-refractivity contribution in [1.82, 2.24) is 4.90 Å². The molecule has 1 aliphatic rings. The summed E-state index contributed by atoms with van der Waals surface area (Å²) in [5, 5.41) is 2.73. The van der Waals surface area contributed by atoms with Gasteiger partial charge in [0.25, 0.3) is 5.91 Å². The highest BCUT2D eigenvalue weighted by Crippen LogP contribution is 2.20. The number of carbonyl (C=O) groups excluding carboxylic acids is 4. The number of hydrogen-bond acceptors (Lipinski definition) is 6. The number of nitrogens with zero attached hydrogens (tertiary/aromatic N) is 1. The third kappa shape index (κ3) is 6.16. The van der Waals surface area contributed by atoms with Crippen molar-refractivity contribution in [2.75, 3.05) is 32.1 Å². The maximum absolute atomic E-state index is 12.6. The van der Waals surface area contributed by atoms with Crippen LogP contribution in [0.2, 0.25) is 0 Å². The Bertz CT molecular complexity index is 967. The summed E-state index contributed by atoms with van der Waals surface area (Å²) in [4.78, 5) is 50.5. The highest BCUT2D eigenvalue weighted by atomic mass is 16.5. The monoisotopic (exact) mass is 438 g/mol. The minimum Gasteiger partial charge on any atom is -0.469 e. The van der Waals surface area contributed by atoms with Crippen molar-refractivity contribution in [3.8, 4) is 0 Å². The first-order valence-electron chi connectivity index (χ1n) is 10.4. The number of amides is 2. The Labute approximate surface area is 186 Å². The second-order valence-corrected chi connectivity index (χ2v) is 7.51. The Morgan fingerprint density at radius 3 is 2.31 bits per heavy atom. The van der Waals surface area contributed by atoms with Crippen LogP contribution in [0, 0.1) is 5.92 Å². The van der Waals surface area contributed by atoms with E-state index in [1.165, 1.54) is 13.2 Å². The lowest BCUT2D eigenvalue weighted by Crippen LogP contribution is -2.42. The smallest absolute Gasteiger partial charge is 0.340 e. The summed E-state index contributed by atoms with van der Waals surface area (Å²) in [5.74, 6) is -1.76. The average Bonchev–Trinajstić information content (AvgIpc) is 2.82. The van der Waals surface area contributed by atoms with Gasteiger partial charge in [0.2, 0.25) is 5.91 Å². The van der Waals surface area contributed by atoms with E-state index in [0.29, 0.717) is 31.6 Å². The van der Waals surface area contributed by atoms with Gasteiger partial charge >= 0.3 is 11.9 Å². The average molecular weight is 438 g/mol. The molecule has 8 heteroatoms. The largest absolute Gasteiger partial charge is 0.469 e. The number of para-hydroxylation sites is 1. The van der Waals surface area contributed by atoms with Crippen molar-refractivity contribution in [2.45, 2.75) is 19.3 Å². The van der Waals surface area contributed by atoms with Crippen LogP contribution in [0.25, 0.3) is 0 Å². The normalized spacial score (nSPS) is 13.8. The fourth-order valence-corrected chi connectivity index (χ4v) is 3.57. The van der Waals surface area contributed by atoms with Gasteiger partial charge in [-0.2, -0.15) is 0 Å². The van der Waals surface area contributed by atoms with E-state index in [1.807, 2.05) is 30.3 Å². The summed E-state index contributed by atoms with van der Waals surface area (Å²) < 4.78 is 9.95. The van der Waals surface area contributed by atoms with E-state index < -0.39 is 12.6 Å². The zero-order valence-corrected chi connectivity index (χ0v) is 17.9. The van der Waals surface area contributed by atoms with E-state index in [4.69, 9.17) is 9.47 Å². The molecule has 0 unspecified atom stereocenters. The highest BCUT2D eigenvalue weighted by Gasteiger charge is 2.28. The molecule has 168 valence electrons. The van der Waals surface area contributed by atoms with Crippen LogP contribution < -0.4 is 5.32 Å². The van der Waals surface area contributed by atoms with Crippen LogP contribution >= 0.6 is 0 Å². The van der Waals surface area contributed by atoms with Gasteiger partial charge in [0.1, 0.15) is 0 Å². The van der Waals surface area contributed by atoms with Gasteiger partial charge in [-0.1, -0.05) is 42.5 Å². The van der Waals surface area contributed by atoms with Gasteiger partial charge in [-0.05, 0) is 30.5 Å². The molecule has 0 atom stereocenters. The van der Waals surface area contributed by atoms with Crippen LogP contribution in [0.3, 0.4) is 0 Å². The van der Waals surface area contributed by atoms with Crippen LogP contribution in [-0.4, -0.2) is 55.5 Å². The highest BCUT2D eigenvalue weighted by molar-refractivity contribution is 6.02. The molecule has 0 aliphatic carbocycles. The van der Waals surface area contributed by atoms with Crippen molar-refractivity contribution in [3.63, 3.8) is 0 Å². The van der Waals surface area contributed by atoms with Crippen LogP contribution in [-0.2, 0) is 30.3 Å². The number of hydrogen-bond donors (Lipinski definition) is 1. The standard InChI is InChI=1S/C24H26N2O6/c1-31-23(29)18-11-13-26(14-12-18)22(28)16-32-24(30)19-9-5-6-10-20(19)25-21(27)15-17-7-3-2-4-8-17/h2-10,18H,11-16H2,1H3,(H,25,27). The number of benzene rings is 2. The molecule has 0 spiro atoms. The molecule has 0 radical (unpaired) electrons. The first-order chi connectivity index (χ1) is 15.5. The summed E-state index contributed by atoms with van der Waals surface area (Å²) in [7, 11) is 1.35. The van der Waals surface area contributed by atoms with Crippen molar-refractivity contribution < 1.29 is 28.7 Å². The SMILES string of the molecule is COC(=O)C1CCN(C(=O)COC(=O)c2ccccc2NC(=O)Cc2ccccc2)CC1. The maximum atomic E-state index is 12.6. The van der Waals surface area contributed by atoms with E-state index in [9.17, 15) is 19.2 Å². The third-order valence-electron chi connectivity index (χ3n) is 5.34. The molecule has 1 heterocycles. The predicted octanol–water partition coefficient (Wildman–Crippen LogP) is 2.44. The summed E-state index contributed by atoms with van der Waals surface area (Å²) >= 11 is 0. The van der Waals surface area contributed by atoms with E-state index in [1.54, 1.807) is 23.1 Å². The molecule has 3 rings (SSSR count). The van der Waals surface area contributed by atoms with Gasteiger partial charge in [0, 0.05) is 13.1 Å². The molecule has 2 aromatic rings. The fourth-order valence-electron chi connectivity index (χ4n) is 3.57. The summed E-state index contributed by atoms with van der Waals surface area (Å²) in [6.45, 7) is 0.401. The van der Waals surface area contributed by atoms with Crippen LogP contribution in [0.15, 0.2) is 54.6 Å². The second-order valence-electron chi connectivity index (χ2n) is 7.51. The molecule has 1 fully saturated rings. The number of nitrogens with one attached hydrogen (secondary N) is 1. The lowest BCUT2D eigenvalue weighted by molar-refractivity contribution is -0.149. The quantitative estimate of drug-likeness (QED) is 0.667. The molecule has 0 saturated carbocycles. The fraction of sp³-hybridized carbons (Fsp3) is 0.333. The Morgan fingerprint density at radius 2 is 1.62 bits per heavy atom. The maximum Gasteiger partial charge on any atom is 0.340 e. The summed E-state index contributed by atoms with van der Waals surface area (Å²) in [6.07, 6.45) is 1.20. The number of ether oxygens (including phenoxy) is 2. The summed E-state index contributed by atoms with van der Waals surface area (Å²) in [6, 6.07) is 15.8. The molecule has 1 N–H and O–H groups in total. The number of likely N-dealkylation sites (tertiary alicyclic amines) is 1. The molecular formula is C24H26N2O6. The molecule has 2 aromatic carbocycles. The lowest BCUT2D eigenvalue weighted by atomic mass is 9.97. The topological polar surface area (TPSA) is 102 Å². The predicted molar refractivity (Wildman–Crippen MR) is 117 cm³/mol. The van der Waals surface area contributed by atoms with Crippen molar-refractivity contribution in [1.29, 1.82) is 0 Å². The molecule has 2 amide bonds. The number of anilines is 1. The van der Waals surface area contributed by atoms with Gasteiger partial charge < -0.3 is 19.7 Å². The first kappa shape index (κ1) is 23.0. The zero-order chi connectivity index (χ0) is 22.9. The van der Waals surface area contributed by atoms with Gasteiger partial charge in [0.15, 0.2) is 6.61 Å². The van der Waals surface area contributed by atoms with Crippen LogP contribution in [0.5, 0.6) is 0 Å².